The first-order valence-electron chi connectivity index (χ1n) is 12.6. The third kappa shape index (κ3) is 5.81. The zero-order valence-corrected chi connectivity index (χ0v) is 22.5. The van der Waals surface area contributed by atoms with Gasteiger partial charge in [0.05, 0.1) is 35.0 Å². The maximum atomic E-state index is 13.7. The number of morpholine rings is 1. The Morgan fingerprint density at radius 1 is 0.974 bits per heavy atom. The van der Waals surface area contributed by atoms with Crippen LogP contribution < -0.4 is 15.0 Å². The number of anilines is 1. The lowest BCUT2D eigenvalue weighted by molar-refractivity contribution is -0.128. The van der Waals surface area contributed by atoms with Crippen molar-refractivity contribution in [2.45, 2.75) is 19.0 Å². The summed E-state index contributed by atoms with van der Waals surface area (Å²) in [5.74, 6) is -0.186. The molecule has 0 bridgehead atoms. The molecule has 0 spiro atoms. The van der Waals surface area contributed by atoms with E-state index in [0.29, 0.717) is 36.2 Å². The fraction of sp³-hybridized carbons (Fsp3) is 0.310. The summed E-state index contributed by atoms with van der Waals surface area (Å²) < 4.78 is 11.1. The molecule has 2 atom stereocenters. The van der Waals surface area contributed by atoms with Gasteiger partial charge in [-0.3, -0.25) is 19.4 Å². The Morgan fingerprint density at radius 3 is 2.45 bits per heavy atom. The molecule has 3 aromatic rings. The van der Waals surface area contributed by atoms with Gasteiger partial charge in [0.25, 0.3) is 5.91 Å². The smallest absolute Gasteiger partial charge is 0.265 e. The first kappa shape index (κ1) is 26.5. The zero-order valence-electron chi connectivity index (χ0n) is 21.0. The number of nitrogens with zero attached hydrogens (tertiary/aromatic N) is 2. The van der Waals surface area contributed by atoms with E-state index in [9.17, 15) is 9.59 Å². The topological polar surface area (TPSA) is 71.1 Å². The first-order chi connectivity index (χ1) is 18.4. The van der Waals surface area contributed by atoms with Crippen LogP contribution in [0.15, 0.2) is 66.7 Å². The molecule has 2 aliphatic rings. The predicted octanol–water partition coefficient (Wildman–Crippen LogP) is 4.96. The van der Waals surface area contributed by atoms with E-state index >= 15 is 0 Å². The van der Waals surface area contributed by atoms with Crippen LogP contribution in [0, 0.1) is 0 Å². The number of ether oxygens (including phenoxy) is 2. The molecule has 198 valence electrons. The Morgan fingerprint density at radius 2 is 1.68 bits per heavy atom. The van der Waals surface area contributed by atoms with Crippen molar-refractivity contribution in [3.05, 3.63) is 82.3 Å². The van der Waals surface area contributed by atoms with E-state index in [4.69, 9.17) is 32.7 Å². The van der Waals surface area contributed by atoms with Crippen LogP contribution in [0.3, 0.4) is 0 Å². The number of amides is 2. The first-order valence-corrected chi connectivity index (χ1v) is 13.4. The molecule has 2 amide bonds. The summed E-state index contributed by atoms with van der Waals surface area (Å²) in [5, 5.41) is 3.82. The fourth-order valence-corrected chi connectivity index (χ4v) is 5.15. The summed E-state index contributed by atoms with van der Waals surface area (Å²) in [6.07, 6.45) is 0. The molecular weight excluding hydrogens is 525 g/mol. The maximum absolute atomic E-state index is 13.7. The van der Waals surface area contributed by atoms with Crippen LogP contribution in [0.1, 0.15) is 18.5 Å². The average molecular weight is 554 g/mol. The molecule has 5 rings (SSSR count). The van der Waals surface area contributed by atoms with Crippen molar-refractivity contribution in [3.8, 4) is 16.9 Å². The monoisotopic (exact) mass is 553 g/mol. The van der Waals surface area contributed by atoms with E-state index in [1.54, 1.807) is 19.1 Å². The third-order valence-electron chi connectivity index (χ3n) is 6.91. The van der Waals surface area contributed by atoms with Gasteiger partial charge in [-0.25, -0.2) is 0 Å². The summed E-state index contributed by atoms with van der Waals surface area (Å²) in [6.45, 7) is 5.03. The maximum Gasteiger partial charge on any atom is 0.265 e. The second kappa shape index (κ2) is 11.7. The van der Waals surface area contributed by atoms with E-state index < -0.39 is 6.04 Å². The summed E-state index contributed by atoms with van der Waals surface area (Å²) in [4.78, 5) is 30.3. The Labute approximate surface area is 232 Å². The van der Waals surface area contributed by atoms with Crippen LogP contribution in [0.4, 0.5) is 5.69 Å². The molecule has 38 heavy (non-hydrogen) atoms. The molecule has 0 radical (unpaired) electrons. The molecular formula is C29H29Cl2N3O4. The van der Waals surface area contributed by atoms with Gasteiger partial charge in [-0.15, -0.1) is 0 Å². The van der Waals surface area contributed by atoms with Gasteiger partial charge in [-0.2, -0.15) is 0 Å². The number of fused-ring (bicyclic) bond motifs is 1. The molecule has 0 aliphatic carbocycles. The average Bonchev–Trinajstić information content (AvgIpc) is 2.94. The number of carbonyl (C=O) groups is 2. The van der Waals surface area contributed by atoms with Crippen LogP contribution in [0.2, 0.25) is 10.0 Å². The third-order valence-corrected chi connectivity index (χ3v) is 7.63. The summed E-state index contributed by atoms with van der Waals surface area (Å²) >= 11 is 12.4. The van der Waals surface area contributed by atoms with E-state index in [-0.39, 0.29) is 29.5 Å². The largest absolute Gasteiger partial charge is 0.482 e. The van der Waals surface area contributed by atoms with Gasteiger partial charge in [0.1, 0.15) is 11.8 Å². The fourth-order valence-electron chi connectivity index (χ4n) is 4.84. The number of rotatable bonds is 7. The van der Waals surface area contributed by atoms with E-state index in [2.05, 4.69) is 34.5 Å². The standard InChI is InChI=1S/C29H29Cl2N3O4/c1-19(34-26-15-23(30)24(31)16-27(26)38-18-28(34)35)29(36)32-25(17-33-10-12-37-13-11-33)22-9-5-8-21(14-22)20-6-3-2-4-7-20/h2-9,14-16,19,25H,10-13,17-18H2,1H3,(H,32,36). The van der Waals surface area contributed by atoms with Crippen LogP contribution in [-0.2, 0) is 14.3 Å². The minimum Gasteiger partial charge on any atom is -0.482 e. The highest BCUT2D eigenvalue weighted by molar-refractivity contribution is 6.42. The van der Waals surface area contributed by atoms with E-state index in [1.165, 1.54) is 4.90 Å². The van der Waals surface area contributed by atoms with Gasteiger partial charge in [0.15, 0.2) is 6.61 Å². The molecule has 0 aromatic heterocycles. The highest BCUT2D eigenvalue weighted by Crippen LogP contribution is 2.39. The number of hydrogen-bond donors (Lipinski definition) is 1. The highest BCUT2D eigenvalue weighted by Gasteiger charge is 2.35. The predicted molar refractivity (Wildman–Crippen MR) is 149 cm³/mol. The lowest BCUT2D eigenvalue weighted by Gasteiger charge is -2.35. The normalized spacial score (nSPS) is 17.3. The van der Waals surface area contributed by atoms with Crippen molar-refractivity contribution in [2.24, 2.45) is 0 Å². The lowest BCUT2D eigenvalue weighted by Crippen LogP contribution is -2.53. The van der Waals surface area contributed by atoms with Gasteiger partial charge in [0, 0.05) is 25.7 Å². The second-order valence-electron chi connectivity index (χ2n) is 9.43. The van der Waals surface area contributed by atoms with Crippen molar-refractivity contribution in [1.82, 2.24) is 10.2 Å². The van der Waals surface area contributed by atoms with E-state index in [0.717, 1.165) is 29.8 Å². The quantitative estimate of drug-likeness (QED) is 0.447. The SMILES string of the molecule is CC(C(=O)NC(CN1CCOCC1)c1cccc(-c2ccccc2)c1)N1C(=O)COc2cc(Cl)c(Cl)cc21. The molecule has 1 N–H and O–H groups in total. The highest BCUT2D eigenvalue weighted by atomic mass is 35.5. The summed E-state index contributed by atoms with van der Waals surface area (Å²) in [5.41, 5.74) is 3.59. The molecule has 0 saturated carbocycles. The van der Waals surface area contributed by atoms with Gasteiger partial charge >= 0.3 is 0 Å². The molecule has 7 nitrogen and oxygen atoms in total. The molecule has 2 aliphatic heterocycles. The van der Waals surface area contributed by atoms with Crippen LogP contribution in [0.5, 0.6) is 5.75 Å². The Kier molecular flexibility index (Phi) is 8.19. The second-order valence-corrected chi connectivity index (χ2v) is 10.2. The van der Waals surface area contributed by atoms with Crippen molar-refractivity contribution < 1.29 is 19.1 Å². The summed E-state index contributed by atoms with van der Waals surface area (Å²) in [7, 11) is 0. The number of nitrogens with one attached hydrogen (secondary N) is 1. The van der Waals surface area contributed by atoms with Crippen molar-refractivity contribution in [3.63, 3.8) is 0 Å². The van der Waals surface area contributed by atoms with Gasteiger partial charge in [-0.05, 0) is 35.7 Å². The number of hydrogen-bond acceptors (Lipinski definition) is 5. The molecule has 1 saturated heterocycles. The van der Waals surface area contributed by atoms with Crippen LogP contribution in [-0.4, -0.2) is 62.2 Å². The Balaban J connectivity index is 1.42. The van der Waals surface area contributed by atoms with Crippen molar-refractivity contribution in [1.29, 1.82) is 0 Å². The minimum absolute atomic E-state index is 0.182. The number of carbonyl (C=O) groups excluding carboxylic acids is 2. The van der Waals surface area contributed by atoms with Crippen molar-refractivity contribution >= 4 is 40.7 Å². The number of halogens is 2. The van der Waals surface area contributed by atoms with Crippen LogP contribution >= 0.6 is 23.2 Å². The van der Waals surface area contributed by atoms with Gasteiger partial charge in [-0.1, -0.05) is 71.7 Å². The Hall–Kier alpha value is -3.10. The molecule has 9 heteroatoms. The van der Waals surface area contributed by atoms with Crippen LogP contribution in [0.25, 0.3) is 11.1 Å². The molecule has 1 fully saturated rings. The van der Waals surface area contributed by atoms with Crippen molar-refractivity contribution in [2.75, 3.05) is 44.4 Å². The van der Waals surface area contributed by atoms with E-state index in [1.807, 2.05) is 30.3 Å². The number of benzene rings is 3. The zero-order chi connectivity index (χ0) is 26.6. The minimum atomic E-state index is -0.799. The van der Waals surface area contributed by atoms with Gasteiger partial charge in [0.2, 0.25) is 5.91 Å². The van der Waals surface area contributed by atoms with Gasteiger partial charge < -0.3 is 14.8 Å². The Bertz CT molecular complexity index is 1310. The molecule has 3 aromatic carbocycles. The summed E-state index contributed by atoms with van der Waals surface area (Å²) in [6, 6.07) is 20.4. The molecule has 2 unspecified atom stereocenters. The molecule has 2 heterocycles. The lowest BCUT2D eigenvalue weighted by atomic mass is 9.98.